The van der Waals surface area contributed by atoms with Crippen molar-refractivity contribution in [3.8, 4) is 0 Å². The van der Waals surface area contributed by atoms with Crippen LogP contribution in [0.2, 0.25) is 0 Å². The fourth-order valence-electron chi connectivity index (χ4n) is 3.73. The smallest absolute Gasteiger partial charge is 0.341 e. The minimum atomic E-state index is -1.29. The van der Waals surface area contributed by atoms with Crippen molar-refractivity contribution >= 4 is 22.6 Å². The average Bonchev–Trinajstić information content (AvgIpc) is 2.59. The van der Waals surface area contributed by atoms with Gasteiger partial charge in [0.2, 0.25) is 5.43 Å². The van der Waals surface area contributed by atoms with Gasteiger partial charge in [-0.15, -0.1) is 0 Å². The zero-order valence-corrected chi connectivity index (χ0v) is 13.8. The van der Waals surface area contributed by atoms with E-state index in [1.165, 1.54) is 12.3 Å². The third-order valence-corrected chi connectivity index (χ3v) is 4.93. The number of hydrazine groups is 1. The van der Waals surface area contributed by atoms with E-state index in [4.69, 9.17) is 0 Å². The maximum atomic E-state index is 14.2. The second kappa shape index (κ2) is 5.82. The summed E-state index contributed by atoms with van der Waals surface area (Å²) < 4.78 is 16.0. The van der Waals surface area contributed by atoms with Crippen LogP contribution in [0.4, 0.5) is 10.1 Å². The van der Waals surface area contributed by atoms with Gasteiger partial charge in [0, 0.05) is 38.4 Å². The number of aromatic nitrogens is 1. The van der Waals surface area contributed by atoms with Gasteiger partial charge in [-0.1, -0.05) is 0 Å². The first kappa shape index (κ1) is 16.0. The number of piperazine rings is 1. The lowest BCUT2D eigenvalue weighted by Gasteiger charge is -2.44. The van der Waals surface area contributed by atoms with Gasteiger partial charge in [0.25, 0.3) is 0 Å². The van der Waals surface area contributed by atoms with Gasteiger partial charge < -0.3 is 20.0 Å². The van der Waals surface area contributed by atoms with Crippen LogP contribution in [0.15, 0.2) is 23.1 Å². The number of carboxylic acids is 1. The normalized spacial score (nSPS) is 20.9. The zero-order valence-electron chi connectivity index (χ0n) is 13.8. The van der Waals surface area contributed by atoms with Gasteiger partial charge in [0.1, 0.15) is 11.4 Å². The molecule has 8 heteroatoms. The quantitative estimate of drug-likeness (QED) is 0.846. The number of pyridine rings is 1. The summed E-state index contributed by atoms with van der Waals surface area (Å²) in [5, 5.41) is 16.9. The predicted octanol–water partition coefficient (Wildman–Crippen LogP) is 1.04. The molecule has 0 saturated carbocycles. The van der Waals surface area contributed by atoms with Gasteiger partial charge in [-0.25, -0.2) is 14.2 Å². The standard InChI is InChI=1S/C17H19FN4O3/c1-10-8-22(20-4-2-19-3-5-20)14-7-11(18)6-12-15(14)21(10)9-13(16(12)23)17(24)25/h6-7,9-10,19H,2-5,8H2,1H3,(H,24,25)/t10-/m0/s1. The number of hydrogen-bond acceptors (Lipinski definition) is 5. The molecule has 3 heterocycles. The third kappa shape index (κ3) is 2.49. The molecule has 0 aliphatic carbocycles. The summed E-state index contributed by atoms with van der Waals surface area (Å²) in [5.41, 5.74) is 0.234. The highest BCUT2D eigenvalue weighted by atomic mass is 19.1. The molecule has 1 aromatic carbocycles. The van der Waals surface area contributed by atoms with Gasteiger partial charge >= 0.3 is 5.97 Å². The van der Waals surface area contributed by atoms with Crippen molar-refractivity contribution in [2.24, 2.45) is 0 Å². The number of halogens is 1. The summed E-state index contributed by atoms with van der Waals surface area (Å²) in [6, 6.07) is 2.51. The Morgan fingerprint density at radius 3 is 2.72 bits per heavy atom. The molecule has 2 aliphatic rings. The van der Waals surface area contributed by atoms with E-state index < -0.39 is 17.2 Å². The first-order valence-electron chi connectivity index (χ1n) is 8.32. The molecule has 0 radical (unpaired) electrons. The fraction of sp³-hybridized carbons (Fsp3) is 0.412. The number of benzene rings is 1. The zero-order chi connectivity index (χ0) is 17.7. The van der Waals surface area contributed by atoms with Crippen molar-refractivity contribution < 1.29 is 14.3 Å². The molecule has 2 aliphatic heterocycles. The van der Waals surface area contributed by atoms with E-state index in [1.54, 1.807) is 4.57 Å². The van der Waals surface area contributed by atoms with E-state index in [0.29, 0.717) is 17.7 Å². The second-order valence-corrected chi connectivity index (χ2v) is 6.54. The molecule has 0 unspecified atom stereocenters. The summed E-state index contributed by atoms with van der Waals surface area (Å²) >= 11 is 0. The van der Waals surface area contributed by atoms with Crippen LogP contribution in [0.5, 0.6) is 0 Å². The van der Waals surface area contributed by atoms with Gasteiger partial charge in [-0.3, -0.25) is 4.79 Å². The Kier molecular flexibility index (Phi) is 3.73. The maximum absolute atomic E-state index is 14.2. The number of hydrogen-bond donors (Lipinski definition) is 2. The van der Waals surface area contributed by atoms with Crippen molar-refractivity contribution in [2.45, 2.75) is 13.0 Å². The Morgan fingerprint density at radius 1 is 1.32 bits per heavy atom. The monoisotopic (exact) mass is 346 g/mol. The number of nitrogens with zero attached hydrogens (tertiary/aromatic N) is 3. The molecule has 2 aromatic rings. The lowest BCUT2D eigenvalue weighted by molar-refractivity contribution is 0.0694. The second-order valence-electron chi connectivity index (χ2n) is 6.54. The SMILES string of the molecule is C[C@H]1CN(N2CCNCC2)c2cc(F)cc3c(=O)c(C(=O)O)cn1c23. The summed E-state index contributed by atoms with van der Waals surface area (Å²) in [6.45, 7) is 5.83. The van der Waals surface area contributed by atoms with Crippen molar-refractivity contribution in [1.82, 2.24) is 14.9 Å². The molecule has 1 saturated heterocycles. The first-order chi connectivity index (χ1) is 12.0. The largest absolute Gasteiger partial charge is 0.477 e. The topological polar surface area (TPSA) is 77.8 Å². The van der Waals surface area contributed by atoms with Crippen LogP contribution in [0, 0.1) is 5.82 Å². The molecule has 25 heavy (non-hydrogen) atoms. The van der Waals surface area contributed by atoms with Crippen molar-refractivity contribution in [1.29, 1.82) is 0 Å². The number of carbonyl (C=O) groups is 1. The van der Waals surface area contributed by atoms with Crippen LogP contribution < -0.4 is 15.8 Å². The molecule has 0 bridgehead atoms. The van der Waals surface area contributed by atoms with Crippen molar-refractivity contribution in [2.75, 3.05) is 37.7 Å². The Labute approximate surface area is 143 Å². The number of carboxylic acid groups (broad SMARTS) is 1. The van der Waals surface area contributed by atoms with E-state index in [0.717, 1.165) is 32.2 Å². The molecule has 2 N–H and O–H groups in total. The number of anilines is 1. The van der Waals surface area contributed by atoms with Gasteiger partial charge in [-0.2, -0.15) is 0 Å². The Hall–Kier alpha value is -2.45. The molecular weight excluding hydrogens is 327 g/mol. The average molecular weight is 346 g/mol. The van der Waals surface area contributed by atoms with Gasteiger partial charge in [0.05, 0.1) is 29.2 Å². The van der Waals surface area contributed by atoms with E-state index in [1.807, 2.05) is 11.9 Å². The maximum Gasteiger partial charge on any atom is 0.341 e. The van der Waals surface area contributed by atoms with Gasteiger partial charge in [0.15, 0.2) is 0 Å². The van der Waals surface area contributed by atoms with E-state index >= 15 is 0 Å². The molecule has 4 rings (SSSR count). The highest BCUT2D eigenvalue weighted by Crippen LogP contribution is 2.35. The van der Waals surface area contributed by atoms with E-state index in [-0.39, 0.29) is 17.0 Å². The molecule has 1 atom stereocenters. The first-order valence-corrected chi connectivity index (χ1v) is 8.32. The van der Waals surface area contributed by atoms with Crippen LogP contribution in [-0.4, -0.2) is 53.4 Å². The summed E-state index contributed by atoms with van der Waals surface area (Å²) in [5.74, 6) is -1.83. The van der Waals surface area contributed by atoms with Crippen LogP contribution in [0.1, 0.15) is 23.3 Å². The highest BCUT2D eigenvalue weighted by molar-refractivity contribution is 5.97. The highest BCUT2D eigenvalue weighted by Gasteiger charge is 2.30. The Morgan fingerprint density at radius 2 is 2.04 bits per heavy atom. The molecule has 132 valence electrons. The molecule has 1 fully saturated rings. The predicted molar refractivity (Wildman–Crippen MR) is 91.6 cm³/mol. The fourth-order valence-corrected chi connectivity index (χ4v) is 3.73. The molecular formula is C17H19FN4O3. The lowest BCUT2D eigenvalue weighted by atomic mass is 10.1. The number of aromatic carboxylic acids is 1. The molecule has 0 amide bonds. The molecule has 0 spiro atoms. The van der Waals surface area contributed by atoms with Crippen LogP contribution in [0.3, 0.4) is 0 Å². The van der Waals surface area contributed by atoms with E-state index in [2.05, 4.69) is 10.3 Å². The molecule has 1 aromatic heterocycles. The lowest BCUT2D eigenvalue weighted by Crippen LogP contribution is -2.55. The summed E-state index contributed by atoms with van der Waals surface area (Å²) in [4.78, 5) is 24.0. The number of nitrogens with one attached hydrogen (secondary N) is 1. The van der Waals surface area contributed by atoms with Gasteiger partial charge in [-0.05, 0) is 13.0 Å². The van der Waals surface area contributed by atoms with E-state index in [9.17, 15) is 19.1 Å². The van der Waals surface area contributed by atoms with Crippen LogP contribution in [0.25, 0.3) is 10.9 Å². The summed E-state index contributed by atoms with van der Waals surface area (Å²) in [7, 11) is 0. The number of rotatable bonds is 2. The van der Waals surface area contributed by atoms with Crippen molar-refractivity contribution in [3.05, 3.63) is 39.9 Å². The molecule has 7 nitrogen and oxygen atoms in total. The summed E-state index contributed by atoms with van der Waals surface area (Å²) in [6.07, 6.45) is 1.38. The third-order valence-electron chi connectivity index (χ3n) is 4.93. The minimum absolute atomic E-state index is 0.0472. The van der Waals surface area contributed by atoms with Crippen molar-refractivity contribution in [3.63, 3.8) is 0 Å². The van der Waals surface area contributed by atoms with Crippen LogP contribution >= 0.6 is 0 Å². The Balaban J connectivity index is 1.99. The Bertz CT molecular complexity index is 920. The van der Waals surface area contributed by atoms with Crippen LogP contribution in [-0.2, 0) is 0 Å². The minimum Gasteiger partial charge on any atom is -0.477 e.